The van der Waals surface area contributed by atoms with Gasteiger partial charge >= 0.3 is 0 Å². The van der Waals surface area contributed by atoms with Gasteiger partial charge < -0.3 is 10.1 Å². The summed E-state index contributed by atoms with van der Waals surface area (Å²) in [6.45, 7) is 1.44. The van der Waals surface area contributed by atoms with E-state index in [0.29, 0.717) is 13.0 Å². The summed E-state index contributed by atoms with van der Waals surface area (Å²) in [5.41, 5.74) is 1.21. The average Bonchev–Trinajstić information content (AvgIpc) is 2.19. The molecule has 0 radical (unpaired) electrons. The van der Waals surface area contributed by atoms with Crippen LogP contribution in [0.25, 0.3) is 0 Å². The van der Waals surface area contributed by atoms with Crippen LogP contribution >= 0.6 is 0 Å². The first-order valence-corrected chi connectivity index (χ1v) is 4.66. The number of hydrogen-bond acceptors (Lipinski definition) is 2. The Morgan fingerprint density at radius 3 is 3.07 bits per heavy atom. The summed E-state index contributed by atoms with van der Waals surface area (Å²) in [6, 6.07) is 8.01. The Balaban J connectivity index is 2.51. The molecule has 2 heteroatoms. The van der Waals surface area contributed by atoms with E-state index >= 15 is 0 Å². The van der Waals surface area contributed by atoms with Gasteiger partial charge in [0.25, 0.3) is 0 Å². The van der Waals surface area contributed by atoms with Crippen molar-refractivity contribution in [1.29, 1.82) is 0 Å². The van der Waals surface area contributed by atoms with E-state index in [1.807, 2.05) is 25.2 Å². The predicted molar refractivity (Wildman–Crippen MR) is 58.2 cm³/mol. The highest BCUT2D eigenvalue weighted by Crippen LogP contribution is 2.13. The van der Waals surface area contributed by atoms with Crippen molar-refractivity contribution < 1.29 is 4.74 Å². The number of hydrogen-bond donors (Lipinski definition) is 1. The average molecular weight is 189 g/mol. The van der Waals surface area contributed by atoms with Gasteiger partial charge in [0.1, 0.15) is 5.75 Å². The minimum Gasteiger partial charge on any atom is -0.493 e. The van der Waals surface area contributed by atoms with Gasteiger partial charge in [-0.15, -0.1) is 12.3 Å². The number of nitrogens with one attached hydrogen (secondary N) is 1. The largest absolute Gasteiger partial charge is 0.493 e. The van der Waals surface area contributed by atoms with E-state index in [1.54, 1.807) is 0 Å². The van der Waals surface area contributed by atoms with Gasteiger partial charge in [0.05, 0.1) is 6.61 Å². The fourth-order valence-corrected chi connectivity index (χ4v) is 1.18. The second kappa shape index (κ2) is 6.06. The molecule has 1 aromatic carbocycles. The van der Waals surface area contributed by atoms with Crippen molar-refractivity contribution >= 4 is 0 Å². The van der Waals surface area contributed by atoms with Crippen molar-refractivity contribution in [3.8, 4) is 18.1 Å². The number of benzene rings is 1. The molecule has 0 saturated carbocycles. The molecule has 0 aliphatic carbocycles. The van der Waals surface area contributed by atoms with Gasteiger partial charge in [-0.3, -0.25) is 0 Å². The Kier molecular flexibility index (Phi) is 4.60. The molecule has 0 unspecified atom stereocenters. The van der Waals surface area contributed by atoms with Crippen molar-refractivity contribution in [2.45, 2.75) is 13.0 Å². The third-order valence-electron chi connectivity index (χ3n) is 1.79. The first-order chi connectivity index (χ1) is 6.86. The normalized spacial score (nSPS) is 9.43. The summed E-state index contributed by atoms with van der Waals surface area (Å²) in [4.78, 5) is 0. The molecular weight excluding hydrogens is 174 g/mol. The molecule has 0 heterocycles. The molecule has 0 saturated heterocycles. The fraction of sp³-hybridized carbons (Fsp3) is 0.333. The van der Waals surface area contributed by atoms with Crippen molar-refractivity contribution in [3.05, 3.63) is 29.8 Å². The van der Waals surface area contributed by atoms with Crippen LogP contribution in [0.4, 0.5) is 0 Å². The highest BCUT2D eigenvalue weighted by molar-refractivity contribution is 5.28. The lowest BCUT2D eigenvalue weighted by Crippen LogP contribution is -2.05. The topological polar surface area (TPSA) is 21.3 Å². The van der Waals surface area contributed by atoms with E-state index in [9.17, 15) is 0 Å². The van der Waals surface area contributed by atoms with Crippen LogP contribution in [0.5, 0.6) is 5.75 Å². The highest BCUT2D eigenvalue weighted by atomic mass is 16.5. The zero-order valence-corrected chi connectivity index (χ0v) is 8.42. The monoisotopic (exact) mass is 189 g/mol. The number of rotatable bonds is 5. The Bertz CT molecular complexity index is 314. The van der Waals surface area contributed by atoms with Crippen LogP contribution in [0, 0.1) is 12.3 Å². The first kappa shape index (κ1) is 10.6. The number of terminal acetylenes is 1. The summed E-state index contributed by atoms with van der Waals surface area (Å²) >= 11 is 0. The lowest BCUT2D eigenvalue weighted by Gasteiger charge is -2.06. The van der Waals surface area contributed by atoms with Crippen molar-refractivity contribution in [2.24, 2.45) is 0 Å². The van der Waals surface area contributed by atoms with Crippen molar-refractivity contribution in [2.75, 3.05) is 13.7 Å². The molecule has 1 aromatic rings. The minimum atomic E-state index is 0.583. The fourth-order valence-electron chi connectivity index (χ4n) is 1.18. The minimum absolute atomic E-state index is 0.583. The lowest BCUT2D eigenvalue weighted by atomic mass is 10.2. The zero-order valence-electron chi connectivity index (χ0n) is 8.42. The Morgan fingerprint density at radius 2 is 2.36 bits per heavy atom. The Morgan fingerprint density at radius 1 is 1.50 bits per heavy atom. The van der Waals surface area contributed by atoms with Crippen LogP contribution in [0.3, 0.4) is 0 Å². The quantitative estimate of drug-likeness (QED) is 0.563. The summed E-state index contributed by atoms with van der Waals surface area (Å²) in [5, 5.41) is 3.09. The van der Waals surface area contributed by atoms with Gasteiger partial charge in [-0.25, -0.2) is 0 Å². The van der Waals surface area contributed by atoms with Gasteiger partial charge in [-0.1, -0.05) is 12.1 Å². The van der Waals surface area contributed by atoms with Gasteiger partial charge in [-0.05, 0) is 24.7 Å². The third-order valence-corrected chi connectivity index (χ3v) is 1.79. The van der Waals surface area contributed by atoms with Crippen LogP contribution in [-0.4, -0.2) is 13.7 Å². The molecule has 0 bridgehead atoms. The van der Waals surface area contributed by atoms with E-state index in [1.165, 1.54) is 5.56 Å². The van der Waals surface area contributed by atoms with Crippen LogP contribution in [0.1, 0.15) is 12.0 Å². The molecule has 0 atom stereocenters. The summed E-state index contributed by atoms with van der Waals surface area (Å²) in [7, 11) is 1.92. The van der Waals surface area contributed by atoms with E-state index in [4.69, 9.17) is 11.2 Å². The molecule has 0 spiro atoms. The molecule has 1 rings (SSSR count). The van der Waals surface area contributed by atoms with Crippen LogP contribution in [0.15, 0.2) is 24.3 Å². The zero-order chi connectivity index (χ0) is 10.2. The molecule has 14 heavy (non-hydrogen) atoms. The lowest BCUT2D eigenvalue weighted by molar-refractivity contribution is 0.327. The van der Waals surface area contributed by atoms with Crippen molar-refractivity contribution in [3.63, 3.8) is 0 Å². The van der Waals surface area contributed by atoms with Gasteiger partial charge in [-0.2, -0.15) is 0 Å². The van der Waals surface area contributed by atoms with Crippen LogP contribution in [-0.2, 0) is 6.54 Å². The van der Waals surface area contributed by atoms with E-state index < -0.39 is 0 Å². The van der Waals surface area contributed by atoms with Crippen LogP contribution < -0.4 is 10.1 Å². The maximum absolute atomic E-state index is 5.46. The summed E-state index contributed by atoms with van der Waals surface area (Å²) in [5.74, 6) is 3.42. The second-order valence-corrected chi connectivity index (χ2v) is 2.98. The number of ether oxygens (including phenoxy) is 1. The highest BCUT2D eigenvalue weighted by Gasteiger charge is 1.95. The molecular formula is C12H15NO. The first-order valence-electron chi connectivity index (χ1n) is 4.66. The summed E-state index contributed by atoms with van der Waals surface area (Å²) < 4.78 is 5.46. The molecule has 74 valence electrons. The molecule has 0 aliphatic heterocycles. The summed E-state index contributed by atoms with van der Waals surface area (Å²) in [6.07, 6.45) is 5.78. The van der Waals surface area contributed by atoms with E-state index in [0.717, 1.165) is 12.3 Å². The SMILES string of the molecule is C#CCCOc1cccc(CNC)c1. The standard InChI is InChI=1S/C12H15NO/c1-3-4-8-14-12-7-5-6-11(9-12)10-13-2/h1,5-7,9,13H,4,8,10H2,2H3. The molecule has 0 amide bonds. The molecule has 0 aromatic heterocycles. The molecule has 0 aliphatic rings. The second-order valence-electron chi connectivity index (χ2n) is 2.98. The predicted octanol–water partition coefficient (Wildman–Crippen LogP) is 1.81. The molecule has 0 fully saturated rings. The van der Waals surface area contributed by atoms with E-state index in [2.05, 4.69) is 17.3 Å². The smallest absolute Gasteiger partial charge is 0.119 e. The Labute approximate surface area is 85.3 Å². The molecule has 2 nitrogen and oxygen atoms in total. The van der Waals surface area contributed by atoms with Gasteiger partial charge in [0, 0.05) is 13.0 Å². The maximum atomic E-state index is 5.46. The third kappa shape index (κ3) is 3.51. The van der Waals surface area contributed by atoms with Crippen molar-refractivity contribution in [1.82, 2.24) is 5.32 Å². The van der Waals surface area contributed by atoms with Gasteiger partial charge in [0.2, 0.25) is 0 Å². The maximum Gasteiger partial charge on any atom is 0.119 e. The Hall–Kier alpha value is -1.46. The molecule has 1 N–H and O–H groups in total. The van der Waals surface area contributed by atoms with E-state index in [-0.39, 0.29) is 0 Å². The van der Waals surface area contributed by atoms with Gasteiger partial charge in [0.15, 0.2) is 0 Å². The van der Waals surface area contributed by atoms with Crippen LogP contribution in [0.2, 0.25) is 0 Å².